The van der Waals surface area contributed by atoms with Crippen molar-refractivity contribution in [1.29, 1.82) is 0 Å². The molecule has 0 radical (unpaired) electrons. The molecule has 250 valence electrons. The molecule has 1 aliphatic rings. The average molecular weight is 716 g/mol. The monoisotopic (exact) mass is 715 g/mol. The van der Waals surface area contributed by atoms with Crippen LogP contribution < -0.4 is 45.7 Å². The van der Waals surface area contributed by atoms with Crippen LogP contribution in [0.25, 0.3) is 11.3 Å². The first-order valence-corrected chi connectivity index (χ1v) is 19.6. The Labute approximate surface area is 288 Å². The van der Waals surface area contributed by atoms with Crippen molar-refractivity contribution in [3.8, 4) is 11.3 Å². The predicted molar refractivity (Wildman–Crippen MR) is 184 cm³/mol. The minimum atomic E-state index is -5.07. The van der Waals surface area contributed by atoms with E-state index >= 15 is 0 Å². The molecule has 1 aliphatic heterocycles. The molecular formula is C35H31ClN5O6PS. The molecule has 0 atom stereocenters. The summed E-state index contributed by atoms with van der Waals surface area (Å²) in [6.45, 7) is -3.43. The Morgan fingerprint density at radius 3 is 1.84 bits per heavy atom. The van der Waals surface area contributed by atoms with Gasteiger partial charge in [-0.1, -0.05) is 6.07 Å². The van der Waals surface area contributed by atoms with Gasteiger partial charge in [-0.15, -0.1) is 0 Å². The first kappa shape index (κ1) is 33.0. The van der Waals surface area contributed by atoms with Gasteiger partial charge in [0.2, 0.25) is 0 Å². The van der Waals surface area contributed by atoms with E-state index in [4.69, 9.17) is 18.2 Å². The van der Waals surface area contributed by atoms with Crippen molar-refractivity contribution in [2.24, 2.45) is 5.10 Å². The van der Waals surface area contributed by atoms with Crippen LogP contribution in [0.15, 0.2) is 136 Å². The molecule has 14 heteroatoms. The number of halogens is 1. The number of morpholine rings is 1. The molecule has 1 fully saturated rings. The van der Waals surface area contributed by atoms with Crippen molar-refractivity contribution in [3.63, 3.8) is 0 Å². The van der Waals surface area contributed by atoms with Crippen LogP contribution in [0, 0.1) is 10.2 Å². The van der Waals surface area contributed by atoms with Crippen molar-refractivity contribution in [3.05, 3.63) is 133 Å². The van der Waals surface area contributed by atoms with E-state index in [1.807, 2.05) is 58.8 Å². The van der Waals surface area contributed by atoms with Gasteiger partial charge in [-0.2, -0.15) is 0 Å². The van der Waals surface area contributed by atoms with E-state index in [0.717, 1.165) is 11.3 Å². The van der Waals surface area contributed by atoms with Gasteiger partial charge in [-0.25, -0.2) is 0 Å². The van der Waals surface area contributed by atoms with Crippen molar-refractivity contribution in [2.45, 2.75) is 0 Å². The van der Waals surface area contributed by atoms with E-state index < -0.39 is 17.1 Å². The number of hydrazone groups is 1. The van der Waals surface area contributed by atoms with E-state index in [2.05, 4.69) is 15.5 Å². The molecule has 4 aromatic carbocycles. The normalized spacial score (nSPS) is 14.8. The van der Waals surface area contributed by atoms with E-state index in [-0.39, 0.29) is 17.2 Å². The van der Waals surface area contributed by atoms with Crippen LogP contribution in [0.1, 0.15) is 5.89 Å². The first-order chi connectivity index (χ1) is 23.9. The summed E-state index contributed by atoms with van der Waals surface area (Å²) >= 11 is 1.39. The number of hydrogen-bond donors (Lipinski definition) is 1. The van der Waals surface area contributed by atoms with E-state index in [1.54, 1.807) is 72.8 Å². The number of benzene rings is 4. The summed E-state index contributed by atoms with van der Waals surface area (Å²) in [5, 5.41) is 8.19. The predicted octanol–water partition coefficient (Wildman–Crippen LogP) is 2.06. The number of nitrogens with zero attached hydrogens (tertiary/aromatic N) is 4. The number of anilines is 2. The number of ether oxygens (including phenoxy) is 1. The Balaban J connectivity index is 1.46. The van der Waals surface area contributed by atoms with Crippen LogP contribution in [-0.2, 0) is 8.81 Å². The second-order valence-electron chi connectivity index (χ2n) is 11.0. The molecule has 0 saturated carbocycles. The molecule has 3 heterocycles. The maximum atomic E-state index is 13.2. The molecule has 0 aliphatic carbocycles. The molecular weight excluding hydrogens is 685 g/mol. The Bertz CT molecular complexity index is 1920. The Hall–Kier alpha value is -4.49. The fourth-order valence-electron chi connectivity index (χ4n) is 6.11. The van der Waals surface area contributed by atoms with Gasteiger partial charge in [0, 0.05) is 0 Å². The summed E-state index contributed by atoms with van der Waals surface area (Å²) in [5.41, 5.74) is 4.89. The number of oxazole rings is 1. The Morgan fingerprint density at radius 1 is 0.776 bits per heavy atom. The number of hydrogen-bond acceptors (Lipinski definition) is 12. The molecule has 1 N–H and O–H groups in total. The molecule has 0 bridgehead atoms. The van der Waals surface area contributed by atoms with Crippen molar-refractivity contribution < 1.29 is 37.5 Å². The Kier molecular flexibility index (Phi) is 9.29. The molecule has 0 unspecified atom stereocenters. The second-order valence-corrected chi connectivity index (χ2v) is 17.3. The zero-order chi connectivity index (χ0) is 33.8. The summed E-state index contributed by atoms with van der Waals surface area (Å²) in [6, 6.07) is 36.5. The first-order valence-electron chi connectivity index (χ1n) is 15.3. The SMILES string of the molecule is [O-][Cl+3]([O-])([O-])OP(c1ccccc1)(c1ccccc1)(c1ccccc1)c1nc(C=NNc2nc(-c3ccccc3)cs2)oc1N1CCOCC1. The molecule has 1 saturated heterocycles. The summed E-state index contributed by atoms with van der Waals surface area (Å²) in [7, 11) is -5.06. The van der Waals surface area contributed by atoms with Gasteiger partial charge in [-0.3, -0.25) is 0 Å². The number of nitrogens with one attached hydrogen (secondary N) is 1. The fourth-order valence-corrected chi connectivity index (χ4v) is 14.0. The zero-order valence-electron chi connectivity index (χ0n) is 26.0. The molecule has 0 amide bonds. The van der Waals surface area contributed by atoms with Crippen LogP contribution in [0.4, 0.5) is 11.0 Å². The second kappa shape index (κ2) is 13.8. The zero-order valence-corrected chi connectivity index (χ0v) is 28.5. The van der Waals surface area contributed by atoms with Gasteiger partial charge in [0.15, 0.2) is 0 Å². The maximum absolute atomic E-state index is 13.2. The van der Waals surface area contributed by atoms with E-state index in [9.17, 15) is 14.0 Å². The Morgan fingerprint density at radius 2 is 1.31 bits per heavy atom. The van der Waals surface area contributed by atoms with Crippen molar-refractivity contribution in [1.82, 2.24) is 9.97 Å². The molecule has 2 aromatic heterocycles. The van der Waals surface area contributed by atoms with E-state index in [1.165, 1.54) is 17.6 Å². The van der Waals surface area contributed by atoms with Gasteiger partial charge in [-0.05, 0) is 0 Å². The quantitative estimate of drug-likeness (QED) is 0.120. The molecule has 49 heavy (non-hydrogen) atoms. The average Bonchev–Trinajstić information content (AvgIpc) is 3.81. The third-order valence-electron chi connectivity index (χ3n) is 8.19. The fraction of sp³-hybridized carbons (Fsp3) is 0.114. The molecule has 11 nitrogen and oxygen atoms in total. The summed E-state index contributed by atoms with van der Waals surface area (Å²) in [6.07, 6.45) is 1.40. The number of aromatic nitrogens is 2. The molecule has 7 rings (SSSR count). The number of rotatable bonds is 11. The van der Waals surface area contributed by atoms with Crippen LogP contribution in [0.5, 0.6) is 0 Å². The van der Waals surface area contributed by atoms with E-state index in [0.29, 0.717) is 47.3 Å². The van der Waals surface area contributed by atoms with Crippen molar-refractivity contribution >= 4 is 56.7 Å². The van der Waals surface area contributed by atoms with Crippen LogP contribution in [-0.4, -0.2) is 42.5 Å². The van der Waals surface area contributed by atoms with Gasteiger partial charge < -0.3 is 0 Å². The summed E-state index contributed by atoms with van der Waals surface area (Å²) < 4.78 is 57.8. The number of thiazole rings is 1. The van der Waals surface area contributed by atoms with Gasteiger partial charge in [0.1, 0.15) is 0 Å². The standard InChI is InChI=1S/C35H31ClN5O6PS/c42-36(43,44)47-48(28-15-7-2-8-16-28,29-17-9-3-10-18-29,30-19-11-4-12-20-30)33-34(41-21-23-45-24-22-41)46-32(39-33)25-37-40-35-38-31(26-49-35)27-13-5-1-6-14-27/h1-20,25-26H,21-24H2,(H,38,40). The topological polar surface area (TPSA) is 154 Å². The summed E-state index contributed by atoms with van der Waals surface area (Å²) in [5.74, 6) is 0.308. The molecule has 6 aromatic rings. The van der Waals surface area contributed by atoms with Crippen LogP contribution >= 0.6 is 18.2 Å². The van der Waals surface area contributed by atoms with Crippen molar-refractivity contribution in [2.75, 3.05) is 36.6 Å². The third kappa shape index (κ3) is 6.25. The van der Waals surface area contributed by atoms with Crippen LogP contribution in [0.3, 0.4) is 0 Å². The van der Waals surface area contributed by atoms with Gasteiger partial charge in [0.05, 0.1) is 0 Å². The summed E-state index contributed by atoms with van der Waals surface area (Å²) in [4.78, 5) is 11.5. The minimum absolute atomic E-state index is 0.0594. The van der Waals surface area contributed by atoms with Gasteiger partial charge >= 0.3 is 284 Å². The third-order valence-corrected chi connectivity index (χ3v) is 15.7. The van der Waals surface area contributed by atoms with Gasteiger partial charge in [0.25, 0.3) is 0 Å². The van der Waals surface area contributed by atoms with Crippen LogP contribution in [0.2, 0.25) is 0 Å². The molecule has 0 spiro atoms.